The van der Waals surface area contributed by atoms with Gasteiger partial charge in [0.2, 0.25) is 11.8 Å². The van der Waals surface area contributed by atoms with Gasteiger partial charge >= 0.3 is 12.1 Å². The van der Waals surface area contributed by atoms with E-state index in [0.717, 1.165) is 12.8 Å². The second kappa shape index (κ2) is 12.5. The predicted molar refractivity (Wildman–Crippen MR) is 165 cm³/mol. The largest absolute Gasteiger partial charge is 0.467 e. The quantitative estimate of drug-likeness (QED) is 0.274. The number of methoxy groups -OCH3 is 1. The predicted octanol–water partition coefficient (Wildman–Crippen LogP) is 3.52. The Labute approximate surface area is 272 Å². The number of carbonyl (C=O) groups excluding carboxylic acids is 4. The van der Waals surface area contributed by atoms with Gasteiger partial charge in [-0.2, -0.15) is 8.42 Å². The molecule has 1 saturated heterocycles. The zero-order valence-corrected chi connectivity index (χ0v) is 28.6. The molecule has 1 heterocycles. The first-order valence-electron chi connectivity index (χ1n) is 15.4. The topological polar surface area (TPSA) is 157 Å². The van der Waals surface area contributed by atoms with Crippen molar-refractivity contribution in [3.63, 3.8) is 0 Å². The van der Waals surface area contributed by atoms with E-state index in [-0.39, 0.29) is 29.9 Å². The number of likely N-dealkylation sites (tertiary alicyclic amines) is 1. The van der Waals surface area contributed by atoms with Gasteiger partial charge in [0.15, 0.2) is 0 Å². The van der Waals surface area contributed by atoms with Gasteiger partial charge in [0, 0.05) is 17.4 Å². The Morgan fingerprint density at radius 1 is 1.04 bits per heavy atom. The lowest BCUT2D eigenvalue weighted by Crippen LogP contribution is -2.59. The lowest BCUT2D eigenvalue weighted by atomic mass is 9.85. The Balaban J connectivity index is 1.37. The van der Waals surface area contributed by atoms with Crippen molar-refractivity contribution in [2.45, 2.75) is 101 Å². The first-order chi connectivity index (χ1) is 21.1. The summed E-state index contributed by atoms with van der Waals surface area (Å²) in [5.74, 6) is -0.725. The molecule has 0 aromatic heterocycles. The molecule has 0 spiro atoms. The third-order valence-electron chi connectivity index (χ3n) is 9.56. The van der Waals surface area contributed by atoms with Crippen molar-refractivity contribution in [1.82, 2.24) is 15.5 Å². The van der Waals surface area contributed by atoms with Gasteiger partial charge in [0.1, 0.15) is 23.7 Å². The number of carbonyl (C=O) groups is 4. The normalized spacial score (nSPS) is 31.0. The molecular formula is C31H42BrN3O9S. The second-order valence-electron chi connectivity index (χ2n) is 13.8. The van der Waals surface area contributed by atoms with Crippen LogP contribution in [-0.2, 0) is 38.2 Å². The molecule has 8 atom stereocenters. The van der Waals surface area contributed by atoms with Gasteiger partial charge in [-0.15, -0.1) is 0 Å². The van der Waals surface area contributed by atoms with Crippen molar-refractivity contribution in [1.29, 1.82) is 0 Å². The highest BCUT2D eigenvalue weighted by Gasteiger charge is 2.62. The van der Waals surface area contributed by atoms with Gasteiger partial charge in [-0.1, -0.05) is 50.0 Å². The Hall–Kier alpha value is -2.71. The van der Waals surface area contributed by atoms with Gasteiger partial charge in [-0.3, -0.25) is 13.8 Å². The van der Waals surface area contributed by atoms with E-state index in [1.54, 1.807) is 32.9 Å². The van der Waals surface area contributed by atoms with Crippen molar-refractivity contribution in [2.75, 3.05) is 13.7 Å². The second-order valence-corrected chi connectivity index (χ2v) is 16.3. The fraction of sp³-hybridized carbons (Fsp3) is 0.677. The van der Waals surface area contributed by atoms with Gasteiger partial charge in [-0.05, 0) is 73.1 Å². The summed E-state index contributed by atoms with van der Waals surface area (Å²) in [6, 6.07) is 3.63. The van der Waals surface area contributed by atoms with Crippen LogP contribution in [0.25, 0.3) is 0 Å². The third kappa shape index (κ3) is 7.17. The van der Waals surface area contributed by atoms with Crippen LogP contribution in [-0.4, -0.2) is 80.7 Å². The van der Waals surface area contributed by atoms with Crippen LogP contribution in [0, 0.1) is 23.2 Å². The lowest BCUT2D eigenvalue weighted by Gasteiger charge is -2.35. The van der Waals surface area contributed by atoms with E-state index in [1.807, 2.05) is 6.92 Å². The molecule has 248 valence electrons. The van der Waals surface area contributed by atoms with Crippen LogP contribution < -0.4 is 10.6 Å². The number of hydrogen-bond donors (Lipinski definition) is 2. The van der Waals surface area contributed by atoms with Crippen LogP contribution in [0.2, 0.25) is 0 Å². The van der Waals surface area contributed by atoms with Crippen molar-refractivity contribution in [3.8, 4) is 0 Å². The van der Waals surface area contributed by atoms with E-state index in [9.17, 15) is 27.6 Å². The molecule has 12 nitrogen and oxygen atoms in total. The molecule has 0 bridgehead atoms. The summed E-state index contributed by atoms with van der Waals surface area (Å²) in [6.07, 6.45) is 1.69. The maximum Gasteiger partial charge on any atom is 0.408 e. The van der Waals surface area contributed by atoms with Crippen LogP contribution in [0.4, 0.5) is 4.79 Å². The minimum absolute atomic E-state index is 0.0774. The summed E-state index contributed by atoms with van der Waals surface area (Å²) in [6.45, 7) is 7.00. The van der Waals surface area contributed by atoms with Gasteiger partial charge in [0.05, 0.1) is 18.1 Å². The Morgan fingerprint density at radius 2 is 1.69 bits per heavy atom. The van der Waals surface area contributed by atoms with E-state index in [1.165, 1.54) is 30.6 Å². The average molecular weight is 713 g/mol. The highest BCUT2D eigenvalue weighted by molar-refractivity contribution is 9.10. The number of amides is 3. The van der Waals surface area contributed by atoms with E-state index in [2.05, 4.69) is 26.6 Å². The maximum absolute atomic E-state index is 14.2. The molecule has 2 N–H and O–H groups in total. The molecule has 3 saturated carbocycles. The van der Waals surface area contributed by atoms with Gasteiger partial charge in [-0.25, -0.2) is 9.59 Å². The lowest BCUT2D eigenvalue weighted by molar-refractivity contribution is -0.148. The summed E-state index contributed by atoms with van der Waals surface area (Å²) < 4.78 is 43.2. The Bertz CT molecular complexity index is 1440. The first kappa shape index (κ1) is 33.6. The van der Waals surface area contributed by atoms with Crippen LogP contribution >= 0.6 is 15.9 Å². The molecule has 3 aliphatic carbocycles. The SMILES string of the molecule is CC[C@@H]1C[C@]1(NC(=O)[C@@H]1C[C@H](OS(=O)(=O)c2ccc(Br)cc2)CN1C(=O)[C@@H](NC(=O)OC1CC2C[C@H]2C1)C(C)(C)C)C(=O)OC. The van der Waals surface area contributed by atoms with Crippen molar-refractivity contribution >= 4 is 49.9 Å². The van der Waals surface area contributed by atoms with E-state index in [0.29, 0.717) is 29.2 Å². The van der Waals surface area contributed by atoms with Crippen molar-refractivity contribution in [2.24, 2.45) is 23.2 Å². The Kier molecular flexibility index (Phi) is 9.33. The summed E-state index contributed by atoms with van der Waals surface area (Å²) >= 11 is 3.28. The molecule has 4 aliphatic rings. The fourth-order valence-electron chi connectivity index (χ4n) is 6.83. The van der Waals surface area contributed by atoms with E-state index in [4.69, 9.17) is 13.7 Å². The number of nitrogens with zero attached hydrogens (tertiary/aromatic N) is 1. The number of alkyl carbamates (subject to hydrolysis) is 1. The van der Waals surface area contributed by atoms with Crippen LogP contribution in [0.15, 0.2) is 33.6 Å². The Morgan fingerprint density at radius 3 is 2.24 bits per heavy atom. The number of hydrogen-bond acceptors (Lipinski definition) is 9. The zero-order chi connectivity index (χ0) is 32.9. The smallest absolute Gasteiger partial charge is 0.408 e. The number of halogens is 1. The standard InChI is InChI=1S/C31H42BrN3O9S/c1-6-19-15-31(19,28(38)42-5)34-26(36)24-14-22(44-45(40,41)23-9-7-20(32)8-10-23)16-35(24)27(37)25(30(2,3)4)33-29(39)43-21-12-17-11-18(17)13-21/h7-10,17-19,21-22,24-25H,6,11-16H2,1-5H3,(H,33,39)(H,34,36)/t17-,18?,19+,21?,22-,24-,25+,31+/m0/s1. The minimum atomic E-state index is -4.25. The molecule has 1 aromatic carbocycles. The highest BCUT2D eigenvalue weighted by Crippen LogP contribution is 2.52. The van der Waals surface area contributed by atoms with Crippen LogP contribution in [0.3, 0.4) is 0 Å². The molecule has 5 rings (SSSR count). The number of fused-ring (bicyclic) bond motifs is 1. The molecule has 3 amide bonds. The van der Waals surface area contributed by atoms with Gasteiger partial charge < -0.3 is 25.0 Å². The zero-order valence-electron chi connectivity index (χ0n) is 26.2. The third-order valence-corrected chi connectivity index (χ3v) is 11.5. The van der Waals surface area contributed by atoms with Gasteiger partial charge in [0.25, 0.3) is 10.1 Å². The molecule has 2 unspecified atom stereocenters. The minimum Gasteiger partial charge on any atom is -0.467 e. The number of nitrogens with one attached hydrogen (secondary N) is 2. The fourth-order valence-corrected chi connectivity index (χ4v) is 8.17. The summed E-state index contributed by atoms with van der Waals surface area (Å²) in [5.41, 5.74) is -2.01. The van der Waals surface area contributed by atoms with Crippen LogP contribution in [0.1, 0.15) is 66.2 Å². The van der Waals surface area contributed by atoms with Crippen molar-refractivity contribution in [3.05, 3.63) is 28.7 Å². The molecule has 14 heteroatoms. The monoisotopic (exact) mass is 711 g/mol. The van der Waals surface area contributed by atoms with Crippen molar-refractivity contribution < 1.29 is 41.3 Å². The first-order valence-corrected chi connectivity index (χ1v) is 17.6. The average Bonchev–Trinajstić information content (AvgIpc) is 3.78. The maximum atomic E-state index is 14.2. The number of benzene rings is 1. The summed E-state index contributed by atoms with van der Waals surface area (Å²) in [5, 5.41) is 5.54. The molecule has 45 heavy (non-hydrogen) atoms. The number of rotatable bonds is 10. The molecule has 0 radical (unpaired) electrons. The molecule has 1 aromatic rings. The van der Waals surface area contributed by atoms with Crippen LogP contribution in [0.5, 0.6) is 0 Å². The van der Waals surface area contributed by atoms with E-state index >= 15 is 0 Å². The summed E-state index contributed by atoms with van der Waals surface area (Å²) in [7, 11) is -3.00. The molecular weight excluding hydrogens is 670 g/mol. The number of ether oxygens (including phenoxy) is 2. The molecule has 1 aliphatic heterocycles. The summed E-state index contributed by atoms with van der Waals surface area (Å²) in [4.78, 5) is 54.9. The molecule has 4 fully saturated rings. The van der Waals surface area contributed by atoms with E-state index < -0.39 is 63.1 Å². The highest BCUT2D eigenvalue weighted by atomic mass is 79.9. The number of esters is 1.